The molecule has 0 saturated carbocycles. The summed E-state index contributed by atoms with van der Waals surface area (Å²) in [5.41, 5.74) is 21.8. The van der Waals surface area contributed by atoms with Crippen molar-refractivity contribution in [2.45, 2.75) is 105 Å². The molecule has 0 fully saturated rings. The Morgan fingerprint density at radius 3 is 1.26 bits per heavy atom. The Hall–Kier alpha value is -7.50. The largest absolute Gasteiger partial charge is 0.467 e. The number of furan rings is 1. The van der Waals surface area contributed by atoms with Gasteiger partial charge in [-0.15, -0.1) is 0 Å². The van der Waals surface area contributed by atoms with Crippen LogP contribution in [0.4, 0.5) is 51.2 Å². The van der Waals surface area contributed by atoms with Crippen LogP contribution in [0.25, 0.3) is 22.5 Å². The van der Waals surface area contributed by atoms with Crippen molar-refractivity contribution in [3.8, 4) is 22.5 Å². The van der Waals surface area contributed by atoms with Gasteiger partial charge in [-0.3, -0.25) is 0 Å². The van der Waals surface area contributed by atoms with Crippen LogP contribution in [0.3, 0.4) is 0 Å². The Morgan fingerprint density at radius 2 is 0.795 bits per heavy atom. The molecular formula is C68H68BN3O. The minimum atomic E-state index is -0.231. The SMILES string of the molecule is CC(C)(C)c1ccc(N(c2ccc(C(C)(C)C)cc2)c2ccc3c(c2)N(c2ccc(C(C)(C)C)cc2)c2cccc4c2B3c2oc(-c3ccccc3)c(-c3ccccc3)c2N4c2ccc(C(C)(C)C)cc2)cc1. The number of anilines is 9. The third-order valence-corrected chi connectivity index (χ3v) is 15.1. The van der Waals surface area contributed by atoms with Crippen molar-refractivity contribution in [2.24, 2.45) is 0 Å². The summed E-state index contributed by atoms with van der Waals surface area (Å²) >= 11 is 0. The van der Waals surface area contributed by atoms with Gasteiger partial charge in [0.05, 0.1) is 16.9 Å². The molecular weight excluding hydrogens is 886 g/mol. The van der Waals surface area contributed by atoms with Crippen molar-refractivity contribution in [3.63, 3.8) is 0 Å². The van der Waals surface area contributed by atoms with E-state index in [-0.39, 0.29) is 28.4 Å². The molecule has 2 aliphatic heterocycles. The molecule has 0 saturated heterocycles. The maximum Gasteiger partial charge on any atom is 0.297 e. The molecule has 0 N–H and O–H groups in total. The van der Waals surface area contributed by atoms with Gasteiger partial charge in [0.2, 0.25) is 0 Å². The van der Waals surface area contributed by atoms with Gasteiger partial charge in [-0.1, -0.05) is 204 Å². The fourth-order valence-electron chi connectivity index (χ4n) is 11.0. The van der Waals surface area contributed by atoms with E-state index in [2.05, 4.69) is 292 Å². The lowest BCUT2D eigenvalue weighted by Gasteiger charge is -2.43. The zero-order chi connectivity index (χ0) is 51.2. The predicted octanol–water partition coefficient (Wildman–Crippen LogP) is 17.4. The van der Waals surface area contributed by atoms with E-state index in [1.807, 2.05) is 0 Å². The van der Waals surface area contributed by atoms with Crippen molar-refractivity contribution < 1.29 is 4.42 Å². The van der Waals surface area contributed by atoms with Crippen LogP contribution in [0.1, 0.15) is 105 Å². The van der Waals surface area contributed by atoms with Gasteiger partial charge in [0.1, 0.15) is 5.76 Å². The molecule has 0 unspecified atom stereocenters. The molecule has 0 radical (unpaired) electrons. The molecule has 8 aromatic carbocycles. The lowest BCUT2D eigenvalue weighted by molar-refractivity contribution is 0.590. The van der Waals surface area contributed by atoms with Crippen LogP contribution < -0.4 is 31.3 Å². The standard InChI is InChI=1S/C68H68BN3O/c1-65(2,3)47-26-34-51(35-27-47)70(52-36-28-48(29-37-52)66(4,5)6)55-42-43-56-59(44-55)71(53-38-30-49(31-39-53)67(7,8)9)57-24-19-25-58-61(57)69(56)64-62(72(58)54-40-32-50(33-41-54)68(10,11)12)60(45-20-15-13-16-21-45)63(73-64)46-22-17-14-18-23-46/h13-44H,1-12H3. The maximum absolute atomic E-state index is 7.63. The summed E-state index contributed by atoms with van der Waals surface area (Å²) in [6.07, 6.45) is 0. The normalized spacial score (nSPS) is 13.4. The second-order valence-electron chi connectivity index (χ2n) is 24.3. The van der Waals surface area contributed by atoms with E-state index >= 15 is 0 Å². The zero-order valence-electron chi connectivity index (χ0n) is 44.8. The second kappa shape index (κ2) is 17.6. The molecule has 1 aromatic heterocycles. The molecule has 9 aromatic rings. The minimum absolute atomic E-state index is 0.000258. The first kappa shape index (κ1) is 47.8. The quantitative estimate of drug-likeness (QED) is 0.149. The predicted molar refractivity (Wildman–Crippen MR) is 313 cm³/mol. The molecule has 73 heavy (non-hydrogen) atoms. The van der Waals surface area contributed by atoms with Gasteiger partial charge in [-0.05, 0) is 133 Å². The van der Waals surface area contributed by atoms with Gasteiger partial charge in [0, 0.05) is 51.1 Å². The smallest absolute Gasteiger partial charge is 0.297 e. The highest BCUT2D eigenvalue weighted by atomic mass is 16.3. The summed E-state index contributed by atoms with van der Waals surface area (Å²) in [6, 6.07) is 72.3. The van der Waals surface area contributed by atoms with E-state index in [9.17, 15) is 0 Å². The second-order valence-corrected chi connectivity index (χ2v) is 24.3. The molecule has 0 bridgehead atoms. The first-order valence-electron chi connectivity index (χ1n) is 26.1. The third kappa shape index (κ3) is 8.57. The number of hydrogen-bond donors (Lipinski definition) is 0. The van der Waals surface area contributed by atoms with Gasteiger partial charge in [-0.25, -0.2) is 0 Å². The molecule has 0 aliphatic carbocycles. The number of nitrogens with zero attached hydrogens (tertiary/aromatic N) is 3. The van der Waals surface area contributed by atoms with E-state index in [1.54, 1.807) is 0 Å². The average Bonchev–Trinajstić information content (AvgIpc) is 3.76. The molecule has 0 atom stereocenters. The van der Waals surface area contributed by atoms with E-state index in [0.717, 1.165) is 79.3 Å². The van der Waals surface area contributed by atoms with Gasteiger partial charge >= 0.3 is 0 Å². The van der Waals surface area contributed by atoms with Crippen LogP contribution in [0, 0.1) is 0 Å². The fraction of sp³-hybridized carbons (Fsp3) is 0.235. The molecule has 5 heteroatoms. The zero-order valence-corrected chi connectivity index (χ0v) is 44.8. The Bertz CT molecular complexity index is 3400. The molecule has 364 valence electrons. The van der Waals surface area contributed by atoms with Crippen LogP contribution in [0.5, 0.6) is 0 Å². The topological polar surface area (TPSA) is 22.9 Å². The average molecular weight is 954 g/mol. The molecule has 3 heterocycles. The van der Waals surface area contributed by atoms with Crippen LogP contribution >= 0.6 is 0 Å². The van der Waals surface area contributed by atoms with Crippen molar-refractivity contribution in [1.29, 1.82) is 0 Å². The minimum Gasteiger partial charge on any atom is -0.467 e. The summed E-state index contributed by atoms with van der Waals surface area (Å²) in [5.74, 6) is 0.865. The van der Waals surface area contributed by atoms with Crippen molar-refractivity contribution in [1.82, 2.24) is 0 Å². The molecule has 4 nitrogen and oxygen atoms in total. The lowest BCUT2D eigenvalue weighted by atomic mass is 9.35. The molecule has 2 aliphatic rings. The Balaban J connectivity index is 1.20. The monoisotopic (exact) mass is 954 g/mol. The Labute approximate surface area is 435 Å². The Kier molecular flexibility index (Phi) is 11.5. The summed E-state index contributed by atoms with van der Waals surface area (Å²) in [5, 5.41) is 0. The van der Waals surface area contributed by atoms with Gasteiger partial charge < -0.3 is 19.1 Å². The summed E-state index contributed by atoms with van der Waals surface area (Å²) in [6.45, 7) is 27.2. The maximum atomic E-state index is 7.63. The van der Waals surface area contributed by atoms with Gasteiger partial charge in [-0.2, -0.15) is 0 Å². The van der Waals surface area contributed by atoms with Crippen LogP contribution in [0.15, 0.2) is 199 Å². The number of fused-ring (bicyclic) bond motifs is 4. The lowest BCUT2D eigenvalue weighted by Crippen LogP contribution is -2.61. The van der Waals surface area contributed by atoms with Crippen LogP contribution in [-0.4, -0.2) is 6.71 Å². The highest BCUT2D eigenvalue weighted by Gasteiger charge is 2.48. The fourth-order valence-corrected chi connectivity index (χ4v) is 11.0. The highest BCUT2D eigenvalue weighted by Crippen LogP contribution is 2.51. The van der Waals surface area contributed by atoms with Crippen LogP contribution in [-0.2, 0) is 21.7 Å². The molecule has 11 rings (SSSR count). The summed E-state index contributed by atoms with van der Waals surface area (Å²) in [4.78, 5) is 7.42. The first-order chi connectivity index (χ1) is 34.8. The van der Waals surface area contributed by atoms with Gasteiger partial charge in [0.25, 0.3) is 6.71 Å². The van der Waals surface area contributed by atoms with E-state index in [4.69, 9.17) is 4.42 Å². The van der Waals surface area contributed by atoms with Crippen molar-refractivity contribution in [2.75, 3.05) is 14.7 Å². The first-order valence-corrected chi connectivity index (χ1v) is 26.1. The number of hydrogen-bond acceptors (Lipinski definition) is 4. The highest BCUT2D eigenvalue weighted by molar-refractivity contribution is 6.99. The van der Waals surface area contributed by atoms with Crippen molar-refractivity contribution in [3.05, 3.63) is 216 Å². The van der Waals surface area contributed by atoms with E-state index in [1.165, 1.54) is 33.2 Å². The number of rotatable bonds is 7. The summed E-state index contributed by atoms with van der Waals surface area (Å²) in [7, 11) is 0. The third-order valence-electron chi connectivity index (χ3n) is 15.1. The number of benzene rings is 8. The van der Waals surface area contributed by atoms with Crippen LogP contribution in [0.2, 0.25) is 0 Å². The summed E-state index contributed by atoms with van der Waals surface area (Å²) < 4.78 is 7.63. The van der Waals surface area contributed by atoms with E-state index < -0.39 is 0 Å². The molecule has 0 amide bonds. The van der Waals surface area contributed by atoms with E-state index in [0.29, 0.717) is 0 Å². The van der Waals surface area contributed by atoms with Crippen molar-refractivity contribution >= 4 is 74.5 Å². The Morgan fingerprint density at radius 1 is 0.384 bits per heavy atom. The van der Waals surface area contributed by atoms with Gasteiger partial charge in [0.15, 0.2) is 0 Å². The molecule has 0 spiro atoms.